The smallest absolute Gasteiger partial charge is 0.317 e. The summed E-state index contributed by atoms with van der Waals surface area (Å²) in [6.07, 6.45) is 2.85. The van der Waals surface area contributed by atoms with Crippen LogP contribution in [-0.4, -0.2) is 75.1 Å². The van der Waals surface area contributed by atoms with Gasteiger partial charge in [-0.25, -0.2) is 13.1 Å². The van der Waals surface area contributed by atoms with Gasteiger partial charge in [0.1, 0.15) is 0 Å². The van der Waals surface area contributed by atoms with Gasteiger partial charge in [-0.2, -0.15) is 0 Å². The van der Waals surface area contributed by atoms with Crippen molar-refractivity contribution in [3.63, 3.8) is 0 Å². The summed E-state index contributed by atoms with van der Waals surface area (Å²) in [7, 11) is -1.61. The summed E-state index contributed by atoms with van der Waals surface area (Å²) >= 11 is 0. The maximum absolute atomic E-state index is 12.2. The maximum atomic E-state index is 12.2. The molecular formula is C17H28ClN3O4S. The number of carbonyl (C=O) groups is 1. The van der Waals surface area contributed by atoms with Gasteiger partial charge in [0.2, 0.25) is 10.0 Å². The number of hydrogen-bond donors (Lipinski definition) is 2. The van der Waals surface area contributed by atoms with Crippen LogP contribution in [0.15, 0.2) is 35.2 Å². The Kier molecular flexibility index (Phi) is 9.52. The van der Waals surface area contributed by atoms with Gasteiger partial charge in [-0.15, -0.1) is 12.4 Å². The molecule has 1 aromatic carbocycles. The van der Waals surface area contributed by atoms with Crippen LogP contribution in [0, 0.1) is 0 Å². The molecule has 2 N–H and O–H groups in total. The van der Waals surface area contributed by atoms with Crippen molar-refractivity contribution in [2.75, 3.05) is 39.8 Å². The third kappa shape index (κ3) is 7.20. The zero-order chi connectivity index (χ0) is 18.3. The molecule has 1 saturated heterocycles. The molecule has 1 atom stereocenters. The molecule has 1 aliphatic heterocycles. The molecule has 1 aliphatic rings. The van der Waals surface area contributed by atoms with Crippen molar-refractivity contribution in [2.45, 2.75) is 30.2 Å². The largest absolute Gasteiger partial charge is 0.480 e. The second-order valence-electron chi connectivity index (χ2n) is 6.45. The molecule has 0 spiro atoms. The SMILES string of the molecule is CN(CC(=O)O)C1CCCN(CCNS(=O)(=O)c2ccccc2)CC1.Cl. The molecule has 0 radical (unpaired) electrons. The van der Waals surface area contributed by atoms with Gasteiger partial charge in [0.05, 0.1) is 11.4 Å². The third-order valence-electron chi connectivity index (χ3n) is 4.57. The van der Waals surface area contributed by atoms with Gasteiger partial charge in [0, 0.05) is 19.1 Å². The number of likely N-dealkylation sites (N-methyl/N-ethyl adjacent to an activating group) is 1. The minimum atomic E-state index is -3.46. The second kappa shape index (κ2) is 10.8. The van der Waals surface area contributed by atoms with Gasteiger partial charge in [-0.1, -0.05) is 18.2 Å². The molecule has 7 nitrogen and oxygen atoms in total. The lowest BCUT2D eigenvalue weighted by molar-refractivity contribution is -0.138. The van der Waals surface area contributed by atoms with E-state index in [2.05, 4.69) is 9.62 Å². The number of nitrogens with one attached hydrogen (secondary N) is 1. The van der Waals surface area contributed by atoms with E-state index < -0.39 is 16.0 Å². The van der Waals surface area contributed by atoms with Crippen LogP contribution < -0.4 is 4.72 Å². The first-order chi connectivity index (χ1) is 11.9. The van der Waals surface area contributed by atoms with E-state index in [0.717, 1.165) is 32.4 Å². The molecule has 1 heterocycles. The molecule has 0 amide bonds. The van der Waals surface area contributed by atoms with Crippen LogP contribution in [0.3, 0.4) is 0 Å². The highest BCUT2D eigenvalue weighted by molar-refractivity contribution is 7.89. The Morgan fingerprint density at radius 2 is 1.96 bits per heavy atom. The van der Waals surface area contributed by atoms with Crippen LogP contribution in [0.25, 0.3) is 0 Å². The van der Waals surface area contributed by atoms with Crippen LogP contribution in [0.2, 0.25) is 0 Å². The first kappa shape index (κ1) is 22.9. The van der Waals surface area contributed by atoms with Crippen molar-refractivity contribution >= 4 is 28.4 Å². The number of aliphatic carboxylic acids is 1. The van der Waals surface area contributed by atoms with Crippen LogP contribution in [0.5, 0.6) is 0 Å². The van der Waals surface area contributed by atoms with Crippen molar-refractivity contribution in [2.24, 2.45) is 0 Å². The summed E-state index contributed by atoms with van der Waals surface area (Å²) < 4.78 is 27.0. The standard InChI is InChI=1S/C17H27N3O4S.ClH/c1-19(14-17(21)22)15-6-5-11-20(12-9-15)13-10-18-25(23,24)16-7-3-2-4-8-16;/h2-4,7-8,15,18H,5-6,9-14H2,1H3,(H,21,22);1H. The van der Waals surface area contributed by atoms with Gasteiger partial charge in [-0.3, -0.25) is 9.69 Å². The van der Waals surface area contributed by atoms with Crippen molar-refractivity contribution in [1.29, 1.82) is 0 Å². The number of hydrogen-bond acceptors (Lipinski definition) is 5. The van der Waals surface area contributed by atoms with Gasteiger partial charge in [0.15, 0.2) is 0 Å². The highest BCUT2D eigenvalue weighted by Gasteiger charge is 2.22. The Bertz CT molecular complexity index is 657. The van der Waals surface area contributed by atoms with E-state index >= 15 is 0 Å². The minimum Gasteiger partial charge on any atom is -0.480 e. The van der Waals surface area contributed by atoms with E-state index in [-0.39, 0.29) is 29.9 Å². The van der Waals surface area contributed by atoms with Gasteiger partial charge >= 0.3 is 5.97 Å². The Labute approximate surface area is 161 Å². The molecule has 1 fully saturated rings. The summed E-state index contributed by atoms with van der Waals surface area (Å²) in [5.41, 5.74) is 0. The minimum absolute atomic E-state index is 0. The zero-order valence-electron chi connectivity index (χ0n) is 15.0. The summed E-state index contributed by atoms with van der Waals surface area (Å²) in [6.45, 7) is 2.84. The van der Waals surface area contributed by atoms with E-state index in [1.54, 1.807) is 30.3 Å². The van der Waals surface area contributed by atoms with Gasteiger partial charge < -0.3 is 10.0 Å². The fraction of sp³-hybridized carbons (Fsp3) is 0.588. The average Bonchev–Trinajstić information content (AvgIpc) is 2.81. The fourth-order valence-electron chi connectivity index (χ4n) is 3.17. The van der Waals surface area contributed by atoms with Crippen LogP contribution in [0.1, 0.15) is 19.3 Å². The lowest BCUT2D eigenvalue weighted by atomic mass is 10.1. The normalized spacial score (nSPS) is 18.9. The van der Waals surface area contributed by atoms with E-state index in [4.69, 9.17) is 5.11 Å². The summed E-state index contributed by atoms with van der Waals surface area (Å²) in [6, 6.07) is 8.62. The highest BCUT2D eigenvalue weighted by atomic mass is 35.5. The summed E-state index contributed by atoms with van der Waals surface area (Å²) in [5.74, 6) is -0.807. The molecule has 9 heteroatoms. The molecule has 1 unspecified atom stereocenters. The van der Waals surface area contributed by atoms with E-state index in [9.17, 15) is 13.2 Å². The van der Waals surface area contributed by atoms with Crippen LogP contribution in [0.4, 0.5) is 0 Å². The number of halogens is 1. The molecule has 0 aromatic heterocycles. The molecule has 2 rings (SSSR count). The molecule has 26 heavy (non-hydrogen) atoms. The van der Waals surface area contributed by atoms with Crippen molar-refractivity contribution < 1.29 is 18.3 Å². The lowest BCUT2D eigenvalue weighted by Gasteiger charge is -2.25. The van der Waals surface area contributed by atoms with Crippen molar-refractivity contribution in [3.8, 4) is 0 Å². The van der Waals surface area contributed by atoms with Crippen LogP contribution >= 0.6 is 12.4 Å². The number of benzene rings is 1. The Morgan fingerprint density at radius 3 is 2.62 bits per heavy atom. The quantitative estimate of drug-likeness (QED) is 0.676. The monoisotopic (exact) mass is 405 g/mol. The van der Waals surface area contributed by atoms with Gasteiger partial charge in [0.25, 0.3) is 0 Å². The summed E-state index contributed by atoms with van der Waals surface area (Å²) in [4.78, 5) is 15.2. The predicted octanol–water partition coefficient (Wildman–Crippen LogP) is 1.26. The first-order valence-corrected chi connectivity index (χ1v) is 10.1. The average molecular weight is 406 g/mol. The lowest BCUT2D eigenvalue weighted by Crippen LogP contribution is -2.38. The number of sulfonamides is 1. The Hall–Kier alpha value is -1.19. The Balaban J connectivity index is 0.00000338. The van der Waals surface area contributed by atoms with Gasteiger partial charge in [-0.05, 0) is 51.5 Å². The molecule has 0 bridgehead atoms. The topological polar surface area (TPSA) is 90.0 Å². The summed E-state index contributed by atoms with van der Waals surface area (Å²) in [5, 5.41) is 8.91. The molecule has 148 valence electrons. The maximum Gasteiger partial charge on any atom is 0.317 e. The molecule has 1 aromatic rings. The Morgan fingerprint density at radius 1 is 1.27 bits per heavy atom. The number of carboxylic acids is 1. The number of carboxylic acid groups (broad SMARTS) is 1. The predicted molar refractivity (Wildman–Crippen MR) is 103 cm³/mol. The number of likely N-dealkylation sites (tertiary alicyclic amines) is 1. The van der Waals surface area contributed by atoms with Crippen molar-refractivity contribution in [3.05, 3.63) is 30.3 Å². The first-order valence-electron chi connectivity index (χ1n) is 8.57. The van der Waals surface area contributed by atoms with Crippen LogP contribution in [-0.2, 0) is 14.8 Å². The van der Waals surface area contributed by atoms with E-state index in [0.29, 0.717) is 13.1 Å². The molecule has 0 saturated carbocycles. The highest BCUT2D eigenvalue weighted by Crippen LogP contribution is 2.15. The number of rotatable bonds is 8. The number of nitrogens with zero attached hydrogens (tertiary/aromatic N) is 2. The fourth-order valence-corrected chi connectivity index (χ4v) is 4.21. The molecular weight excluding hydrogens is 378 g/mol. The van der Waals surface area contributed by atoms with E-state index in [1.807, 2.05) is 11.9 Å². The zero-order valence-corrected chi connectivity index (χ0v) is 16.6. The van der Waals surface area contributed by atoms with E-state index in [1.165, 1.54) is 0 Å². The van der Waals surface area contributed by atoms with Crippen molar-refractivity contribution in [1.82, 2.24) is 14.5 Å². The third-order valence-corrected chi connectivity index (χ3v) is 6.05. The second-order valence-corrected chi connectivity index (χ2v) is 8.21. The molecule has 0 aliphatic carbocycles.